The number of aliphatic carboxylic acids is 1. The van der Waals surface area contributed by atoms with Gasteiger partial charge in [0.05, 0.1) is 6.61 Å². The van der Waals surface area contributed by atoms with Gasteiger partial charge in [0.25, 0.3) is 0 Å². The van der Waals surface area contributed by atoms with Crippen LogP contribution < -0.4 is 22.9 Å². The van der Waals surface area contributed by atoms with Crippen LogP contribution in [-0.2, 0) is 33.4 Å². The molecule has 0 saturated carbocycles. The number of ether oxygens (including phenoxy) is 3. The summed E-state index contributed by atoms with van der Waals surface area (Å²) in [7, 11) is 0. The van der Waals surface area contributed by atoms with Crippen LogP contribution in [-0.4, -0.2) is 84.2 Å². The quantitative estimate of drug-likeness (QED) is 0.146. The summed E-state index contributed by atoms with van der Waals surface area (Å²) in [6.45, 7) is -0.534. The van der Waals surface area contributed by atoms with Gasteiger partial charge in [0.2, 0.25) is 0 Å². The Morgan fingerprint density at radius 3 is 1.85 bits per heavy atom. The third-order valence-corrected chi connectivity index (χ3v) is 3.01. The zero-order valence-electron chi connectivity index (χ0n) is 14.1. The number of aliphatic hydroxyl groups is 1. The Labute approximate surface area is 148 Å². The molecule has 0 amide bonds. The number of nitrogens with two attached hydrogens (primary N) is 4. The fourth-order valence-corrected chi connectivity index (χ4v) is 1.30. The van der Waals surface area contributed by atoms with E-state index in [-0.39, 0.29) is 0 Å². The Bertz CT molecular complexity index is 516. The maximum absolute atomic E-state index is 11.8. The predicted octanol–water partition coefficient (Wildman–Crippen LogP) is -4.61. The monoisotopic (exact) mass is 380 g/mol. The summed E-state index contributed by atoms with van der Waals surface area (Å²) in [4.78, 5) is 45.2. The molecule has 13 nitrogen and oxygen atoms in total. The lowest BCUT2D eigenvalue weighted by Gasteiger charge is -2.21. The fourth-order valence-electron chi connectivity index (χ4n) is 1.30. The molecular weight excluding hydrogens is 356 g/mol. The van der Waals surface area contributed by atoms with Crippen LogP contribution in [0.3, 0.4) is 0 Å². The zero-order chi connectivity index (χ0) is 20.4. The Morgan fingerprint density at radius 1 is 0.846 bits per heavy atom. The van der Waals surface area contributed by atoms with Gasteiger partial charge in [0.1, 0.15) is 43.5 Å². The van der Waals surface area contributed by atoms with Crippen molar-refractivity contribution >= 4 is 23.9 Å². The van der Waals surface area contributed by atoms with E-state index in [4.69, 9.17) is 37.9 Å². The highest BCUT2D eigenvalue weighted by Crippen LogP contribution is 2.02. The average Bonchev–Trinajstić information content (AvgIpc) is 2.61. The molecule has 13 heteroatoms. The van der Waals surface area contributed by atoms with Crippen LogP contribution in [0.25, 0.3) is 0 Å². The fraction of sp³-hybridized carbons (Fsp3) is 0.692. The molecular formula is C13H24N4O9. The molecule has 0 aromatic carbocycles. The average molecular weight is 380 g/mol. The molecule has 0 aliphatic rings. The van der Waals surface area contributed by atoms with E-state index in [1.807, 2.05) is 0 Å². The molecule has 0 radical (unpaired) electrons. The minimum absolute atomic E-state index is 0.564. The van der Waals surface area contributed by atoms with E-state index < -0.39 is 74.0 Å². The van der Waals surface area contributed by atoms with Crippen molar-refractivity contribution in [2.45, 2.75) is 37.2 Å². The normalized spacial score (nSPS) is 16.5. The van der Waals surface area contributed by atoms with Crippen molar-refractivity contribution in [1.82, 2.24) is 0 Å². The first kappa shape index (κ1) is 23.7. The summed E-state index contributed by atoms with van der Waals surface area (Å²) < 4.78 is 14.1. The second-order valence-electron chi connectivity index (χ2n) is 5.27. The SMILES string of the molecule is C[C@@H](OC(=O)[C@@H](N)COC(=O)[C@@H](N)CO)[C@H](N)C(=O)OC[C@H](N)C(=O)O. The van der Waals surface area contributed by atoms with Gasteiger partial charge in [-0.2, -0.15) is 0 Å². The lowest BCUT2D eigenvalue weighted by molar-refractivity contribution is -0.159. The molecule has 5 atom stereocenters. The second-order valence-corrected chi connectivity index (χ2v) is 5.27. The highest BCUT2D eigenvalue weighted by molar-refractivity contribution is 5.80. The zero-order valence-corrected chi connectivity index (χ0v) is 14.1. The molecule has 150 valence electrons. The predicted molar refractivity (Wildman–Crippen MR) is 84.1 cm³/mol. The lowest BCUT2D eigenvalue weighted by atomic mass is 10.2. The van der Waals surface area contributed by atoms with Crippen LogP contribution in [0, 0.1) is 0 Å². The Kier molecular flexibility index (Phi) is 10.3. The molecule has 26 heavy (non-hydrogen) atoms. The second kappa shape index (κ2) is 11.3. The Hall–Kier alpha value is -2.32. The van der Waals surface area contributed by atoms with Crippen molar-refractivity contribution in [1.29, 1.82) is 0 Å². The number of hydrogen-bond acceptors (Lipinski definition) is 12. The first-order valence-corrected chi connectivity index (χ1v) is 7.41. The first-order valence-electron chi connectivity index (χ1n) is 7.41. The van der Waals surface area contributed by atoms with E-state index in [9.17, 15) is 19.2 Å². The number of aliphatic hydroxyl groups excluding tert-OH is 1. The summed E-state index contributed by atoms with van der Waals surface area (Å²) in [5.74, 6) is -4.38. The van der Waals surface area contributed by atoms with Gasteiger partial charge in [-0.15, -0.1) is 0 Å². The molecule has 0 aromatic heterocycles. The van der Waals surface area contributed by atoms with Crippen LogP contribution in [0.5, 0.6) is 0 Å². The van der Waals surface area contributed by atoms with E-state index >= 15 is 0 Å². The van der Waals surface area contributed by atoms with Gasteiger partial charge in [-0.25, -0.2) is 0 Å². The Balaban J connectivity index is 4.39. The first-order chi connectivity index (χ1) is 12.0. The summed E-state index contributed by atoms with van der Waals surface area (Å²) in [6, 6.07) is -5.48. The van der Waals surface area contributed by atoms with Crippen molar-refractivity contribution in [3.05, 3.63) is 0 Å². The molecule has 0 rings (SSSR count). The highest BCUT2D eigenvalue weighted by Gasteiger charge is 2.29. The number of esters is 3. The molecule has 0 saturated heterocycles. The smallest absolute Gasteiger partial charge is 0.326 e. The largest absolute Gasteiger partial charge is 0.480 e. The minimum Gasteiger partial charge on any atom is -0.480 e. The van der Waals surface area contributed by atoms with Crippen LogP contribution in [0.2, 0.25) is 0 Å². The number of rotatable bonds is 11. The standard InChI is InChI=1S/C13H24N4O9/c1-5(9(17)13(23)25-3-7(15)10(19)20)26-12(22)8(16)4-24-11(21)6(14)2-18/h5-9,18H,2-4,14-17H2,1H3,(H,19,20)/t5-,6+,7+,8+,9+/m1/s1. The maximum atomic E-state index is 11.8. The third kappa shape index (κ3) is 8.17. The summed E-state index contributed by atoms with van der Waals surface area (Å²) >= 11 is 0. The van der Waals surface area contributed by atoms with Gasteiger partial charge < -0.3 is 47.4 Å². The van der Waals surface area contributed by atoms with Gasteiger partial charge >= 0.3 is 23.9 Å². The van der Waals surface area contributed by atoms with E-state index in [0.717, 1.165) is 0 Å². The van der Waals surface area contributed by atoms with E-state index in [1.54, 1.807) is 0 Å². The number of carbonyl (C=O) groups is 4. The topological polar surface area (TPSA) is 241 Å². The maximum Gasteiger partial charge on any atom is 0.326 e. The number of carboxylic acids is 1. The summed E-state index contributed by atoms with van der Waals surface area (Å²) in [5, 5.41) is 17.2. The molecule has 0 aromatic rings. The molecule has 0 fully saturated rings. The summed E-state index contributed by atoms with van der Waals surface area (Å²) in [5.41, 5.74) is 21.4. The van der Waals surface area contributed by atoms with E-state index in [1.165, 1.54) is 6.92 Å². The van der Waals surface area contributed by atoms with Crippen molar-refractivity contribution in [3.8, 4) is 0 Å². The van der Waals surface area contributed by atoms with Crippen LogP contribution in [0.15, 0.2) is 0 Å². The van der Waals surface area contributed by atoms with Crippen LogP contribution >= 0.6 is 0 Å². The van der Waals surface area contributed by atoms with Crippen LogP contribution in [0.1, 0.15) is 6.92 Å². The highest BCUT2D eigenvalue weighted by atomic mass is 16.6. The van der Waals surface area contributed by atoms with Crippen molar-refractivity contribution < 1.29 is 43.6 Å². The summed E-state index contributed by atoms with van der Waals surface area (Å²) in [6.07, 6.45) is -1.17. The molecule has 0 aliphatic carbocycles. The van der Waals surface area contributed by atoms with Gasteiger partial charge in [0.15, 0.2) is 0 Å². The van der Waals surface area contributed by atoms with Gasteiger partial charge in [-0.1, -0.05) is 0 Å². The minimum atomic E-state index is -1.42. The lowest BCUT2D eigenvalue weighted by Crippen LogP contribution is -2.48. The van der Waals surface area contributed by atoms with E-state index in [2.05, 4.69) is 9.47 Å². The van der Waals surface area contributed by atoms with Gasteiger partial charge in [-0.3, -0.25) is 19.2 Å². The molecule has 10 N–H and O–H groups in total. The van der Waals surface area contributed by atoms with Crippen molar-refractivity contribution in [2.75, 3.05) is 19.8 Å². The molecule has 0 heterocycles. The Morgan fingerprint density at radius 2 is 1.35 bits per heavy atom. The van der Waals surface area contributed by atoms with Gasteiger partial charge in [-0.05, 0) is 6.92 Å². The van der Waals surface area contributed by atoms with E-state index in [0.29, 0.717) is 0 Å². The number of carboxylic acid groups (broad SMARTS) is 1. The third-order valence-electron chi connectivity index (χ3n) is 3.01. The molecule has 0 bridgehead atoms. The van der Waals surface area contributed by atoms with Crippen molar-refractivity contribution in [3.63, 3.8) is 0 Å². The van der Waals surface area contributed by atoms with Crippen molar-refractivity contribution in [2.24, 2.45) is 22.9 Å². The van der Waals surface area contributed by atoms with Crippen LogP contribution in [0.4, 0.5) is 0 Å². The number of carbonyl (C=O) groups excluding carboxylic acids is 3. The molecule has 0 spiro atoms. The van der Waals surface area contributed by atoms with Gasteiger partial charge in [0, 0.05) is 0 Å². The molecule has 0 unspecified atom stereocenters. The number of hydrogen-bond donors (Lipinski definition) is 6. The molecule has 0 aliphatic heterocycles.